The van der Waals surface area contributed by atoms with Gasteiger partial charge < -0.3 is 15.4 Å². The van der Waals surface area contributed by atoms with Gasteiger partial charge in [-0.3, -0.25) is 9.59 Å². The van der Waals surface area contributed by atoms with E-state index in [1.165, 1.54) is 18.4 Å². The van der Waals surface area contributed by atoms with Crippen LogP contribution in [0.2, 0.25) is 0 Å². The third kappa shape index (κ3) is 3.30. The van der Waals surface area contributed by atoms with E-state index in [0.29, 0.717) is 23.5 Å². The van der Waals surface area contributed by atoms with Gasteiger partial charge in [0.15, 0.2) is 6.61 Å². The summed E-state index contributed by atoms with van der Waals surface area (Å²) in [7, 11) is 0. The molecular weight excluding hydrogens is 280 g/mol. The van der Waals surface area contributed by atoms with Gasteiger partial charge in [-0.05, 0) is 44.2 Å². The summed E-state index contributed by atoms with van der Waals surface area (Å²) in [5.74, 6) is 0.126. The van der Waals surface area contributed by atoms with E-state index in [2.05, 4.69) is 16.7 Å². The molecule has 0 saturated heterocycles. The number of allylic oxidation sites excluding steroid dienone is 1. The number of benzene rings is 1. The third-order valence-corrected chi connectivity index (χ3v) is 4.01. The van der Waals surface area contributed by atoms with E-state index in [4.69, 9.17) is 4.74 Å². The molecule has 0 bridgehead atoms. The maximum atomic E-state index is 12.3. The molecule has 0 unspecified atom stereocenters. The smallest absolute Gasteiger partial charge is 0.262 e. The summed E-state index contributed by atoms with van der Waals surface area (Å²) in [6, 6.07) is 5.20. The van der Waals surface area contributed by atoms with Gasteiger partial charge in [0.2, 0.25) is 0 Å². The minimum Gasteiger partial charge on any atom is -0.482 e. The van der Waals surface area contributed by atoms with E-state index in [1.54, 1.807) is 18.2 Å². The zero-order valence-corrected chi connectivity index (χ0v) is 12.5. The number of ether oxygens (including phenoxy) is 1. The molecule has 3 rings (SSSR count). The lowest BCUT2D eigenvalue weighted by Crippen LogP contribution is -2.30. The molecule has 1 heterocycles. The highest BCUT2D eigenvalue weighted by molar-refractivity contribution is 6.06. The second kappa shape index (κ2) is 6.64. The molecule has 0 spiro atoms. The van der Waals surface area contributed by atoms with Crippen molar-refractivity contribution in [1.29, 1.82) is 0 Å². The van der Waals surface area contributed by atoms with Gasteiger partial charge in [0.1, 0.15) is 5.75 Å². The predicted octanol–water partition coefficient (Wildman–Crippen LogP) is 2.64. The van der Waals surface area contributed by atoms with Crippen molar-refractivity contribution in [2.45, 2.75) is 32.1 Å². The Kier molecular flexibility index (Phi) is 4.42. The Balaban J connectivity index is 1.63. The number of anilines is 1. The molecule has 2 amide bonds. The van der Waals surface area contributed by atoms with Gasteiger partial charge in [-0.15, -0.1) is 0 Å². The van der Waals surface area contributed by atoms with Crippen LogP contribution in [0, 0.1) is 0 Å². The van der Waals surface area contributed by atoms with Crippen LogP contribution in [0.5, 0.6) is 5.75 Å². The second-order valence-corrected chi connectivity index (χ2v) is 5.63. The van der Waals surface area contributed by atoms with E-state index < -0.39 is 0 Å². The highest BCUT2D eigenvalue weighted by Gasteiger charge is 2.22. The number of rotatable bonds is 4. The SMILES string of the molecule is O=C1COc2cccc(C(=O)NCCC3=CCCCC3)c2N1. The molecule has 2 N–H and O–H groups in total. The third-order valence-electron chi connectivity index (χ3n) is 4.01. The fourth-order valence-corrected chi connectivity index (χ4v) is 2.85. The Morgan fingerprint density at radius 2 is 2.23 bits per heavy atom. The Morgan fingerprint density at radius 3 is 3.05 bits per heavy atom. The summed E-state index contributed by atoms with van der Waals surface area (Å²) in [6.07, 6.45) is 7.98. The van der Waals surface area contributed by atoms with Crippen molar-refractivity contribution < 1.29 is 14.3 Å². The fourth-order valence-electron chi connectivity index (χ4n) is 2.85. The molecule has 0 radical (unpaired) electrons. The van der Waals surface area contributed by atoms with Crippen LogP contribution < -0.4 is 15.4 Å². The highest BCUT2D eigenvalue weighted by atomic mass is 16.5. The van der Waals surface area contributed by atoms with Gasteiger partial charge in [-0.1, -0.05) is 17.7 Å². The number of nitrogens with one attached hydrogen (secondary N) is 2. The summed E-state index contributed by atoms with van der Waals surface area (Å²) in [6.45, 7) is 0.607. The maximum absolute atomic E-state index is 12.3. The van der Waals surface area contributed by atoms with E-state index in [9.17, 15) is 9.59 Å². The minimum atomic E-state index is -0.236. The van der Waals surface area contributed by atoms with Gasteiger partial charge in [0.05, 0.1) is 11.3 Å². The first kappa shape index (κ1) is 14.6. The van der Waals surface area contributed by atoms with Crippen molar-refractivity contribution in [2.24, 2.45) is 0 Å². The summed E-state index contributed by atoms with van der Waals surface area (Å²) < 4.78 is 5.33. The Bertz CT molecular complexity index is 622. The molecule has 5 nitrogen and oxygen atoms in total. The van der Waals surface area contributed by atoms with Crippen LogP contribution in [0.4, 0.5) is 5.69 Å². The number of fused-ring (bicyclic) bond motifs is 1. The topological polar surface area (TPSA) is 67.4 Å². The molecule has 0 fully saturated rings. The molecule has 2 aliphatic rings. The minimum absolute atomic E-state index is 0.00771. The molecule has 22 heavy (non-hydrogen) atoms. The highest BCUT2D eigenvalue weighted by Crippen LogP contribution is 2.31. The first-order chi connectivity index (χ1) is 10.7. The number of carbonyl (C=O) groups is 2. The van der Waals surface area contributed by atoms with Crippen molar-refractivity contribution in [1.82, 2.24) is 5.32 Å². The molecule has 1 aliphatic heterocycles. The Labute approximate surface area is 129 Å². The number of carbonyl (C=O) groups excluding carboxylic acids is 2. The predicted molar refractivity (Wildman–Crippen MR) is 84.1 cm³/mol. The molecule has 0 aromatic heterocycles. The second-order valence-electron chi connectivity index (χ2n) is 5.63. The van der Waals surface area contributed by atoms with Crippen molar-refractivity contribution in [3.8, 4) is 5.75 Å². The van der Waals surface area contributed by atoms with Gasteiger partial charge in [-0.2, -0.15) is 0 Å². The summed E-state index contributed by atoms with van der Waals surface area (Å²) in [5, 5.41) is 5.64. The molecule has 1 aliphatic carbocycles. The van der Waals surface area contributed by atoms with Crippen LogP contribution in [0.25, 0.3) is 0 Å². The van der Waals surface area contributed by atoms with Gasteiger partial charge >= 0.3 is 0 Å². The van der Waals surface area contributed by atoms with Crippen LogP contribution >= 0.6 is 0 Å². The van der Waals surface area contributed by atoms with Gasteiger partial charge in [0, 0.05) is 6.54 Å². The fraction of sp³-hybridized carbons (Fsp3) is 0.412. The Morgan fingerprint density at radius 1 is 1.32 bits per heavy atom. The lowest BCUT2D eigenvalue weighted by molar-refractivity contribution is -0.118. The largest absolute Gasteiger partial charge is 0.482 e. The number of amides is 2. The molecule has 1 aromatic carbocycles. The zero-order valence-electron chi connectivity index (χ0n) is 12.5. The summed E-state index contributed by atoms with van der Waals surface area (Å²) in [4.78, 5) is 23.8. The average Bonchev–Trinajstić information content (AvgIpc) is 2.55. The number of hydrogen-bond acceptors (Lipinski definition) is 3. The zero-order chi connectivity index (χ0) is 15.4. The van der Waals surface area contributed by atoms with Crippen LogP contribution in [0.3, 0.4) is 0 Å². The van der Waals surface area contributed by atoms with Crippen LogP contribution in [0.15, 0.2) is 29.8 Å². The van der Waals surface area contributed by atoms with Crippen molar-refractivity contribution in [2.75, 3.05) is 18.5 Å². The first-order valence-electron chi connectivity index (χ1n) is 7.76. The van der Waals surface area contributed by atoms with E-state index >= 15 is 0 Å². The lowest BCUT2D eigenvalue weighted by atomic mass is 9.97. The molecule has 0 saturated carbocycles. The normalized spacial score (nSPS) is 16.9. The monoisotopic (exact) mass is 300 g/mol. The summed E-state index contributed by atoms with van der Waals surface area (Å²) in [5.41, 5.74) is 2.34. The molecule has 116 valence electrons. The van der Waals surface area contributed by atoms with Crippen molar-refractivity contribution in [3.63, 3.8) is 0 Å². The van der Waals surface area contributed by atoms with E-state index in [0.717, 1.165) is 19.3 Å². The van der Waals surface area contributed by atoms with Crippen molar-refractivity contribution in [3.05, 3.63) is 35.4 Å². The van der Waals surface area contributed by atoms with Crippen LogP contribution in [0.1, 0.15) is 42.5 Å². The number of para-hydroxylation sites is 1. The van der Waals surface area contributed by atoms with Crippen molar-refractivity contribution >= 4 is 17.5 Å². The first-order valence-corrected chi connectivity index (χ1v) is 7.76. The maximum Gasteiger partial charge on any atom is 0.262 e. The molecule has 1 aromatic rings. The average molecular weight is 300 g/mol. The van der Waals surface area contributed by atoms with Crippen LogP contribution in [-0.4, -0.2) is 25.0 Å². The Hall–Kier alpha value is -2.30. The molecular formula is C17H20N2O3. The standard InChI is InChI=1S/C17H20N2O3/c20-15-11-22-14-8-4-7-13(16(14)19-15)17(21)18-10-9-12-5-2-1-3-6-12/h4-5,7-8H,1-3,6,9-11H2,(H,18,21)(H,19,20). The van der Waals surface area contributed by atoms with Gasteiger partial charge in [0.25, 0.3) is 11.8 Å². The quantitative estimate of drug-likeness (QED) is 0.840. The van der Waals surface area contributed by atoms with Gasteiger partial charge in [-0.25, -0.2) is 0 Å². The molecule has 5 heteroatoms. The van der Waals surface area contributed by atoms with E-state index in [-0.39, 0.29) is 18.4 Å². The number of hydrogen-bond donors (Lipinski definition) is 2. The lowest BCUT2D eigenvalue weighted by Gasteiger charge is -2.20. The molecule has 0 atom stereocenters. The van der Waals surface area contributed by atoms with E-state index in [1.807, 2.05) is 0 Å². The van der Waals surface area contributed by atoms with Crippen LogP contribution in [-0.2, 0) is 4.79 Å². The summed E-state index contributed by atoms with van der Waals surface area (Å²) >= 11 is 0.